The molecule has 2 heteroatoms. The van der Waals surface area contributed by atoms with E-state index in [4.69, 9.17) is 4.74 Å². The summed E-state index contributed by atoms with van der Waals surface area (Å²) in [5.74, 6) is 0.958. The number of anilines is 1. The van der Waals surface area contributed by atoms with Gasteiger partial charge in [0.2, 0.25) is 0 Å². The average molecular weight is 283 g/mol. The van der Waals surface area contributed by atoms with Gasteiger partial charge >= 0.3 is 0 Å². The molecule has 0 spiro atoms. The summed E-state index contributed by atoms with van der Waals surface area (Å²) >= 11 is 0. The number of ether oxygens (including phenoxy) is 1. The lowest BCUT2D eigenvalue weighted by molar-refractivity contribution is 0.306. The average Bonchev–Trinajstić information content (AvgIpc) is 2.54. The molecule has 2 aromatic rings. The molecule has 2 aromatic carbocycles. The lowest BCUT2D eigenvalue weighted by atomic mass is 10.1. The predicted molar refractivity (Wildman–Crippen MR) is 90.1 cm³/mol. The SMILES string of the molecule is CCCCCOc1ccc(NCCc2ccccc2)cc1. The Morgan fingerprint density at radius 1 is 0.905 bits per heavy atom. The highest BCUT2D eigenvalue weighted by Crippen LogP contribution is 2.16. The van der Waals surface area contributed by atoms with E-state index in [0.717, 1.165) is 37.4 Å². The largest absolute Gasteiger partial charge is 0.494 e. The van der Waals surface area contributed by atoms with Crippen LogP contribution < -0.4 is 10.1 Å². The van der Waals surface area contributed by atoms with Gasteiger partial charge in [-0.05, 0) is 42.7 Å². The molecule has 0 fully saturated rings. The Bertz CT molecular complexity index is 493. The Morgan fingerprint density at radius 3 is 2.38 bits per heavy atom. The van der Waals surface area contributed by atoms with Crippen LogP contribution in [0.25, 0.3) is 0 Å². The molecule has 0 atom stereocenters. The van der Waals surface area contributed by atoms with Crippen LogP contribution in [0.5, 0.6) is 5.75 Å². The van der Waals surface area contributed by atoms with Crippen molar-refractivity contribution in [1.29, 1.82) is 0 Å². The second-order valence-electron chi connectivity index (χ2n) is 5.24. The molecule has 21 heavy (non-hydrogen) atoms. The fourth-order valence-electron chi connectivity index (χ4n) is 2.21. The molecule has 2 rings (SSSR count). The number of hydrogen-bond acceptors (Lipinski definition) is 2. The first-order valence-corrected chi connectivity index (χ1v) is 7.89. The summed E-state index contributed by atoms with van der Waals surface area (Å²) in [5.41, 5.74) is 2.51. The third-order valence-corrected chi connectivity index (χ3v) is 3.46. The maximum atomic E-state index is 5.71. The fraction of sp³-hybridized carbons (Fsp3) is 0.368. The van der Waals surface area contributed by atoms with E-state index in [9.17, 15) is 0 Å². The molecule has 2 nitrogen and oxygen atoms in total. The maximum absolute atomic E-state index is 5.71. The van der Waals surface area contributed by atoms with Gasteiger partial charge in [0.25, 0.3) is 0 Å². The standard InChI is InChI=1S/C19H25NO/c1-2-3-7-16-21-19-12-10-18(11-13-19)20-15-14-17-8-5-4-6-9-17/h4-6,8-13,20H,2-3,7,14-16H2,1H3. The van der Waals surface area contributed by atoms with Gasteiger partial charge in [0.05, 0.1) is 6.61 Å². The zero-order valence-corrected chi connectivity index (χ0v) is 12.8. The van der Waals surface area contributed by atoms with Gasteiger partial charge in [-0.15, -0.1) is 0 Å². The smallest absolute Gasteiger partial charge is 0.119 e. The molecule has 1 N–H and O–H groups in total. The van der Waals surface area contributed by atoms with Crippen molar-refractivity contribution < 1.29 is 4.74 Å². The third kappa shape index (κ3) is 5.90. The van der Waals surface area contributed by atoms with Crippen molar-refractivity contribution in [3.63, 3.8) is 0 Å². The molecule has 0 heterocycles. The maximum Gasteiger partial charge on any atom is 0.119 e. The topological polar surface area (TPSA) is 21.3 Å². The number of rotatable bonds is 9. The summed E-state index contributed by atoms with van der Waals surface area (Å²) in [6, 6.07) is 18.8. The first-order valence-electron chi connectivity index (χ1n) is 7.89. The first-order chi connectivity index (χ1) is 10.4. The molecule has 0 radical (unpaired) electrons. The van der Waals surface area contributed by atoms with Crippen molar-refractivity contribution in [2.24, 2.45) is 0 Å². The Hall–Kier alpha value is -1.96. The van der Waals surface area contributed by atoms with Crippen LogP contribution in [-0.2, 0) is 6.42 Å². The molecule has 112 valence electrons. The lowest BCUT2D eigenvalue weighted by Crippen LogP contribution is -2.04. The summed E-state index contributed by atoms with van der Waals surface area (Å²) in [6.45, 7) is 3.96. The highest BCUT2D eigenvalue weighted by atomic mass is 16.5. The van der Waals surface area contributed by atoms with Gasteiger partial charge in [-0.2, -0.15) is 0 Å². The summed E-state index contributed by atoms with van der Waals surface area (Å²) in [5, 5.41) is 3.44. The molecule has 0 aliphatic heterocycles. The summed E-state index contributed by atoms with van der Waals surface area (Å²) in [7, 11) is 0. The van der Waals surface area contributed by atoms with Crippen LogP contribution in [0.4, 0.5) is 5.69 Å². The van der Waals surface area contributed by atoms with E-state index in [1.165, 1.54) is 18.4 Å². The van der Waals surface area contributed by atoms with E-state index in [1.54, 1.807) is 0 Å². The van der Waals surface area contributed by atoms with E-state index in [-0.39, 0.29) is 0 Å². The van der Waals surface area contributed by atoms with E-state index < -0.39 is 0 Å². The molecular formula is C19H25NO. The van der Waals surface area contributed by atoms with Crippen molar-refractivity contribution in [2.75, 3.05) is 18.5 Å². The van der Waals surface area contributed by atoms with Crippen LogP contribution in [-0.4, -0.2) is 13.2 Å². The minimum Gasteiger partial charge on any atom is -0.494 e. The van der Waals surface area contributed by atoms with Gasteiger partial charge in [0.15, 0.2) is 0 Å². The molecular weight excluding hydrogens is 258 g/mol. The van der Waals surface area contributed by atoms with Crippen LogP contribution in [0.3, 0.4) is 0 Å². The van der Waals surface area contributed by atoms with Crippen LogP contribution in [0, 0.1) is 0 Å². The Labute approximate surface area is 128 Å². The highest BCUT2D eigenvalue weighted by Gasteiger charge is 1.96. The summed E-state index contributed by atoms with van der Waals surface area (Å²) in [6.07, 6.45) is 4.64. The minimum atomic E-state index is 0.814. The van der Waals surface area contributed by atoms with Crippen LogP contribution in [0.15, 0.2) is 54.6 Å². The van der Waals surface area contributed by atoms with E-state index >= 15 is 0 Å². The normalized spacial score (nSPS) is 10.3. The highest BCUT2D eigenvalue weighted by molar-refractivity contribution is 5.46. The molecule has 0 amide bonds. The van der Waals surface area contributed by atoms with Gasteiger partial charge in [0.1, 0.15) is 5.75 Å². The Balaban J connectivity index is 1.69. The molecule has 0 saturated heterocycles. The molecule has 0 unspecified atom stereocenters. The van der Waals surface area contributed by atoms with Crippen LogP contribution in [0.2, 0.25) is 0 Å². The molecule has 0 aliphatic rings. The number of unbranched alkanes of at least 4 members (excludes halogenated alkanes) is 2. The van der Waals surface area contributed by atoms with Crippen molar-refractivity contribution >= 4 is 5.69 Å². The quantitative estimate of drug-likeness (QED) is 0.660. The molecule has 0 bridgehead atoms. The zero-order chi connectivity index (χ0) is 14.8. The minimum absolute atomic E-state index is 0.814. The molecule has 0 saturated carbocycles. The van der Waals surface area contributed by atoms with Crippen molar-refractivity contribution in [2.45, 2.75) is 32.6 Å². The zero-order valence-electron chi connectivity index (χ0n) is 12.8. The van der Waals surface area contributed by atoms with Crippen LogP contribution in [0.1, 0.15) is 31.7 Å². The van der Waals surface area contributed by atoms with Gasteiger partial charge in [0, 0.05) is 12.2 Å². The van der Waals surface area contributed by atoms with Crippen molar-refractivity contribution in [1.82, 2.24) is 0 Å². The lowest BCUT2D eigenvalue weighted by Gasteiger charge is -2.09. The van der Waals surface area contributed by atoms with Gasteiger partial charge in [-0.1, -0.05) is 50.1 Å². The predicted octanol–water partition coefficient (Wildman–Crippen LogP) is 4.91. The molecule has 0 aromatic heterocycles. The second kappa shape index (κ2) is 9.06. The van der Waals surface area contributed by atoms with Gasteiger partial charge in [-0.25, -0.2) is 0 Å². The van der Waals surface area contributed by atoms with E-state index in [0.29, 0.717) is 0 Å². The van der Waals surface area contributed by atoms with Gasteiger partial charge < -0.3 is 10.1 Å². The Morgan fingerprint density at radius 2 is 1.67 bits per heavy atom. The molecule has 0 aliphatic carbocycles. The summed E-state index contributed by atoms with van der Waals surface area (Å²) in [4.78, 5) is 0. The number of hydrogen-bond donors (Lipinski definition) is 1. The number of benzene rings is 2. The van der Waals surface area contributed by atoms with Crippen LogP contribution >= 0.6 is 0 Å². The fourth-order valence-corrected chi connectivity index (χ4v) is 2.21. The van der Waals surface area contributed by atoms with Crippen molar-refractivity contribution in [3.8, 4) is 5.75 Å². The van der Waals surface area contributed by atoms with E-state index in [1.807, 2.05) is 12.1 Å². The number of nitrogens with one attached hydrogen (secondary N) is 1. The monoisotopic (exact) mass is 283 g/mol. The first kappa shape index (κ1) is 15.4. The Kier molecular flexibility index (Phi) is 6.66. The third-order valence-electron chi connectivity index (χ3n) is 3.46. The van der Waals surface area contributed by atoms with Crippen molar-refractivity contribution in [3.05, 3.63) is 60.2 Å². The van der Waals surface area contributed by atoms with Gasteiger partial charge in [-0.3, -0.25) is 0 Å². The van der Waals surface area contributed by atoms with E-state index in [2.05, 4.69) is 54.7 Å². The summed E-state index contributed by atoms with van der Waals surface area (Å²) < 4.78 is 5.71. The second-order valence-corrected chi connectivity index (χ2v) is 5.24.